The first-order chi connectivity index (χ1) is 9.10. The highest BCUT2D eigenvalue weighted by Gasteiger charge is 2.12. The van der Waals surface area contributed by atoms with Gasteiger partial charge in [-0.05, 0) is 18.2 Å². The Balaban J connectivity index is 2.20. The molecule has 0 radical (unpaired) electrons. The minimum absolute atomic E-state index is 0.0988. The number of hydrogen-bond acceptors (Lipinski definition) is 4. The molecule has 2 rings (SSSR count). The summed E-state index contributed by atoms with van der Waals surface area (Å²) in [7, 11) is 1.51. The minimum atomic E-state index is -0.0988. The average Bonchev–Trinajstić information content (AvgIpc) is 2.38. The van der Waals surface area contributed by atoms with Gasteiger partial charge in [-0.3, -0.25) is 4.79 Å². The van der Waals surface area contributed by atoms with Crippen LogP contribution >= 0.6 is 27.5 Å². The summed E-state index contributed by atoms with van der Waals surface area (Å²) in [6.07, 6.45) is 1.52. The van der Waals surface area contributed by atoms with E-state index in [2.05, 4.69) is 25.9 Å². The van der Waals surface area contributed by atoms with Crippen molar-refractivity contribution < 1.29 is 9.53 Å². The molecule has 0 atom stereocenters. The maximum atomic E-state index is 12.1. The quantitative estimate of drug-likeness (QED) is 0.801. The molecule has 6 heteroatoms. The van der Waals surface area contributed by atoms with Crippen LogP contribution in [0.25, 0.3) is 0 Å². The van der Waals surface area contributed by atoms with Crippen molar-refractivity contribution in [1.82, 2.24) is 9.97 Å². The molecule has 0 N–H and O–H groups in total. The number of Topliss-reactive ketones (excluding diaryl/α,β-unsaturated/α-hetero) is 1. The molecule has 0 spiro atoms. The Morgan fingerprint density at radius 1 is 1.37 bits per heavy atom. The second kappa shape index (κ2) is 6.12. The molecule has 4 nitrogen and oxygen atoms in total. The molecule has 0 fully saturated rings. The zero-order valence-electron chi connectivity index (χ0n) is 10.1. The Bertz CT molecular complexity index is 619. The normalized spacial score (nSPS) is 10.3. The predicted molar refractivity (Wildman–Crippen MR) is 75.8 cm³/mol. The van der Waals surface area contributed by atoms with E-state index < -0.39 is 0 Å². The van der Waals surface area contributed by atoms with Crippen LogP contribution in [0.15, 0.2) is 35.1 Å². The molecule has 0 saturated carbocycles. The molecular formula is C13H10BrClN2O2. The summed E-state index contributed by atoms with van der Waals surface area (Å²) in [4.78, 5) is 20.1. The first-order valence-electron chi connectivity index (χ1n) is 5.43. The summed E-state index contributed by atoms with van der Waals surface area (Å²) in [5.74, 6) is 0.331. The van der Waals surface area contributed by atoms with Gasteiger partial charge in [0.05, 0.1) is 24.2 Å². The molecular weight excluding hydrogens is 332 g/mol. The van der Waals surface area contributed by atoms with E-state index in [0.717, 1.165) is 4.47 Å². The lowest BCUT2D eigenvalue weighted by Gasteiger charge is -2.05. The Labute approximate surface area is 123 Å². The van der Waals surface area contributed by atoms with Gasteiger partial charge in [-0.1, -0.05) is 27.5 Å². The van der Waals surface area contributed by atoms with E-state index in [9.17, 15) is 4.79 Å². The fourth-order valence-electron chi connectivity index (χ4n) is 1.56. The molecule has 0 aliphatic heterocycles. The number of hydrogen-bond donors (Lipinski definition) is 0. The van der Waals surface area contributed by atoms with Crippen molar-refractivity contribution in [3.05, 3.63) is 51.3 Å². The van der Waals surface area contributed by atoms with Gasteiger partial charge in [0.15, 0.2) is 5.78 Å². The zero-order chi connectivity index (χ0) is 13.8. The summed E-state index contributed by atoms with van der Waals surface area (Å²) in [6.45, 7) is 0. The molecule has 19 heavy (non-hydrogen) atoms. The highest BCUT2D eigenvalue weighted by Crippen LogP contribution is 2.22. The predicted octanol–water partition coefficient (Wildman–Crippen LogP) is 3.33. The lowest BCUT2D eigenvalue weighted by atomic mass is 10.1. The van der Waals surface area contributed by atoms with Crippen LogP contribution in [-0.2, 0) is 6.42 Å². The number of aromatic nitrogens is 2. The van der Waals surface area contributed by atoms with E-state index in [1.807, 2.05) is 0 Å². The van der Waals surface area contributed by atoms with Crippen LogP contribution in [0.2, 0.25) is 5.02 Å². The topological polar surface area (TPSA) is 52.1 Å². The van der Waals surface area contributed by atoms with Crippen molar-refractivity contribution >= 4 is 33.3 Å². The van der Waals surface area contributed by atoms with Crippen LogP contribution in [0, 0.1) is 0 Å². The van der Waals surface area contributed by atoms with Gasteiger partial charge < -0.3 is 4.74 Å². The van der Waals surface area contributed by atoms with Gasteiger partial charge in [0, 0.05) is 16.1 Å². The van der Waals surface area contributed by atoms with Crippen LogP contribution in [0.5, 0.6) is 5.88 Å². The molecule has 2 aromatic rings. The highest BCUT2D eigenvalue weighted by atomic mass is 79.9. The van der Waals surface area contributed by atoms with Crippen molar-refractivity contribution in [2.45, 2.75) is 6.42 Å². The summed E-state index contributed by atoms with van der Waals surface area (Å²) < 4.78 is 5.82. The Hall–Kier alpha value is -1.46. The Morgan fingerprint density at radius 3 is 2.84 bits per heavy atom. The number of halogens is 2. The van der Waals surface area contributed by atoms with Gasteiger partial charge in [0.1, 0.15) is 6.33 Å². The fourth-order valence-corrected chi connectivity index (χ4v) is 2.34. The Kier molecular flexibility index (Phi) is 4.50. The molecule has 1 aromatic heterocycles. The van der Waals surface area contributed by atoms with E-state index in [0.29, 0.717) is 22.2 Å². The monoisotopic (exact) mass is 340 g/mol. The lowest BCUT2D eigenvalue weighted by Crippen LogP contribution is -2.06. The van der Waals surface area contributed by atoms with Crippen molar-refractivity contribution in [2.24, 2.45) is 0 Å². The van der Waals surface area contributed by atoms with E-state index in [1.54, 1.807) is 24.3 Å². The smallest absolute Gasteiger partial charge is 0.216 e. The standard InChI is InChI=1S/C13H10BrClN2O2/c1-19-13-6-9(16-7-17-13)5-12(18)10-3-2-8(14)4-11(10)15/h2-4,6-7H,5H2,1H3. The van der Waals surface area contributed by atoms with Gasteiger partial charge in [-0.2, -0.15) is 0 Å². The maximum absolute atomic E-state index is 12.1. The Morgan fingerprint density at radius 2 is 2.16 bits per heavy atom. The van der Waals surface area contributed by atoms with Gasteiger partial charge in [0.25, 0.3) is 0 Å². The average molecular weight is 342 g/mol. The van der Waals surface area contributed by atoms with Gasteiger partial charge in [-0.25, -0.2) is 9.97 Å². The van der Waals surface area contributed by atoms with E-state index in [1.165, 1.54) is 13.4 Å². The summed E-state index contributed by atoms with van der Waals surface area (Å²) in [5.41, 5.74) is 1.07. The van der Waals surface area contributed by atoms with E-state index in [4.69, 9.17) is 16.3 Å². The molecule has 0 unspecified atom stereocenters. The van der Waals surface area contributed by atoms with Crippen LogP contribution in [0.3, 0.4) is 0 Å². The van der Waals surface area contributed by atoms with Crippen molar-refractivity contribution in [2.75, 3.05) is 7.11 Å². The van der Waals surface area contributed by atoms with Crippen molar-refractivity contribution in [3.8, 4) is 5.88 Å². The van der Waals surface area contributed by atoms with Gasteiger partial charge >= 0.3 is 0 Å². The van der Waals surface area contributed by atoms with Crippen LogP contribution < -0.4 is 4.74 Å². The largest absolute Gasteiger partial charge is 0.481 e. The second-order valence-electron chi connectivity index (χ2n) is 3.78. The number of benzene rings is 1. The maximum Gasteiger partial charge on any atom is 0.216 e. The number of nitrogens with zero attached hydrogens (tertiary/aromatic N) is 2. The zero-order valence-corrected chi connectivity index (χ0v) is 12.4. The molecule has 0 bridgehead atoms. The summed E-state index contributed by atoms with van der Waals surface area (Å²) in [5, 5.41) is 0.417. The number of rotatable bonds is 4. The number of ketones is 1. The number of methoxy groups -OCH3 is 1. The molecule has 0 aliphatic carbocycles. The third-order valence-corrected chi connectivity index (χ3v) is 3.29. The highest BCUT2D eigenvalue weighted by molar-refractivity contribution is 9.10. The third-order valence-electron chi connectivity index (χ3n) is 2.48. The van der Waals surface area contributed by atoms with Crippen LogP contribution in [0.4, 0.5) is 0 Å². The molecule has 98 valence electrons. The second-order valence-corrected chi connectivity index (χ2v) is 5.10. The SMILES string of the molecule is COc1cc(CC(=O)c2ccc(Br)cc2Cl)ncn1. The molecule has 1 aromatic carbocycles. The van der Waals surface area contributed by atoms with Crippen LogP contribution in [0.1, 0.15) is 16.1 Å². The van der Waals surface area contributed by atoms with Crippen molar-refractivity contribution in [3.63, 3.8) is 0 Å². The number of carbonyl (C=O) groups excluding carboxylic acids is 1. The summed E-state index contributed by atoms with van der Waals surface area (Å²) >= 11 is 9.34. The minimum Gasteiger partial charge on any atom is -0.481 e. The fraction of sp³-hybridized carbons (Fsp3) is 0.154. The van der Waals surface area contributed by atoms with E-state index in [-0.39, 0.29) is 12.2 Å². The van der Waals surface area contributed by atoms with Gasteiger partial charge in [-0.15, -0.1) is 0 Å². The molecule has 0 saturated heterocycles. The number of carbonyl (C=O) groups is 1. The summed E-state index contributed by atoms with van der Waals surface area (Å²) in [6, 6.07) is 6.78. The first-order valence-corrected chi connectivity index (χ1v) is 6.60. The number of ether oxygens (including phenoxy) is 1. The third kappa shape index (κ3) is 3.52. The van der Waals surface area contributed by atoms with Crippen molar-refractivity contribution in [1.29, 1.82) is 0 Å². The molecule has 0 aliphatic rings. The van der Waals surface area contributed by atoms with Crippen LogP contribution in [-0.4, -0.2) is 22.9 Å². The van der Waals surface area contributed by atoms with E-state index >= 15 is 0 Å². The lowest BCUT2D eigenvalue weighted by molar-refractivity contribution is 0.0992. The molecule has 1 heterocycles. The first kappa shape index (κ1) is 14.0. The van der Waals surface area contributed by atoms with Gasteiger partial charge in [0.2, 0.25) is 5.88 Å². The molecule has 0 amide bonds.